The van der Waals surface area contributed by atoms with E-state index < -0.39 is 10.0 Å². The van der Waals surface area contributed by atoms with Crippen LogP contribution in [0, 0.1) is 0 Å². The van der Waals surface area contributed by atoms with E-state index in [1.807, 2.05) is 35.6 Å². The number of hydrogen-bond acceptors (Lipinski definition) is 6. The zero-order valence-corrected chi connectivity index (χ0v) is 18.2. The lowest BCUT2D eigenvalue weighted by Crippen LogP contribution is -2.33. The summed E-state index contributed by atoms with van der Waals surface area (Å²) in [7, 11) is -2.32. The van der Waals surface area contributed by atoms with Crippen molar-refractivity contribution in [2.45, 2.75) is 37.0 Å². The van der Waals surface area contributed by atoms with Crippen molar-refractivity contribution in [3.63, 3.8) is 0 Å². The number of benzene rings is 2. The number of ether oxygens (including phenoxy) is 1. The first-order valence-corrected chi connectivity index (χ1v) is 11.8. The summed E-state index contributed by atoms with van der Waals surface area (Å²) in [4.78, 5) is 4.92. The van der Waals surface area contributed by atoms with E-state index in [0.717, 1.165) is 24.2 Å². The molecule has 1 saturated carbocycles. The largest absolute Gasteiger partial charge is 0.497 e. The Morgan fingerprint density at radius 3 is 2.52 bits per heavy atom. The lowest BCUT2D eigenvalue weighted by molar-refractivity contribution is 0.414. The molecule has 160 valence electrons. The fourth-order valence-electron chi connectivity index (χ4n) is 3.78. The third-order valence-electron chi connectivity index (χ3n) is 5.49. The molecular formula is C22H23N5O3S. The van der Waals surface area contributed by atoms with Crippen molar-refractivity contribution in [2.24, 2.45) is 0 Å². The summed E-state index contributed by atoms with van der Waals surface area (Å²) >= 11 is 0. The molecule has 0 amide bonds. The zero-order valence-electron chi connectivity index (χ0n) is 17.4. The van der Waals surface area contributed by atoms with Crippen LogP contribution in [-0.2, 0) is 10.0 Å². The van der Waals surface area contributed by atoms with Crippen LogP contribution in [0.15, 0.2) is 53.4 Å². The Bertz CT molecular complexity index is 1360. The van der Waals surface area contributed by atoms with Gasteiger partial charge in [-0.05, 0) is 55.7 Å². The molecule has 0 spiro atoms. The van der Waals surface area contributed by atoms with Crippen LogP contribution in [0.1, 0.15) is 37.9 Å². The van der Waals surface area contributed by atoms with E-state index in [4.69, 9.17) is 9.72 Å². The first kappa shape index (κ1) is 19.7. The topological polar surface area (TPSA) is 89.7 Å². The smallest absolute Gasteiger partial charge is 0.265 e. The molecule has 0 unspecified atom stereocenters. The highest BCUT2D eigenvalue weighted by molar-refractivity contribution is 7.92. The van der Waals surface area contributed by atoms with Crippen LogP contribution in [0.2, 0.25) is 0 Å². The highest BCUT2D eigenvalue weighted by Gasteiger charge is 2.33. The quantitative estimate of drug-likeness (QED) is 0.437. The van der Waals surface area contributed by atoms with Gasteiger partial charge in [-0.3, -0.25) is 4.40 Å². The molecule has 4 aromatic rings. The predicted molar refractivity (Wildman–Crippen MR) is 118 cm³/mol. The minimum Gasteiger partial charge on any atom is -0.497 e. The van der Waals surface area contributed by atoms with Crippen molar-refractivity contribution >= 4 is 32.5 Å². The van der Waals surface area contributed by atoms with Gasteiger partial charge in [-0.1, -0.05) is 19.1 Å². The molecule has 0 bridgehead atoms. The van der Waals surface area contributed by atoms with Gasteiger partial charge >= 0.3 is 0 Å². The minimum absolute atomic E-state index is 0.178. The first-order chi connectivity index (χ1) is 15.0. The van der Waals surface area contributed by atoms with Crippen molar-refractivity contribution in [1.29, 1.82) is 0 Å². The van der Waals surface area contributed by atoms with Gasteiger partial charge < -0.3 is 4.74 Å². The van der Waals surface area contributed by atoms with Gasteiger partial charge in [-0.25, -0.2) is 17.7 Å². The van der Waals surface area contributed by atoms with E-state index in [1.165, 1.54) is 4.31 Å². The second kappa shape index (κ2) is 7.49. The Kier molecular flexibility index (Phi) is 4.77. The maximum absolute atomic E-state index is 13.6. The highest BCUT2D eigenvalue weighted by Crippen LogP contribution is 2.41. The van der Waals surface area contributed by atoms with Gasteiger partial charge in [-0.15, -0.1) is 10.2 Å². The standard InChI is InChI=1S/C22H23N5O3S/c1-3-14-26(31(28,29)17-12-10-16(30-2)11-13-17)21-22-25-24-20(15-8-9-15)27(22)19-7-5-4-6-18(19)23-21/h4-7,10-13,15H,3,8-9,14H2,1-2H3. The number of anilines is 1. The van der Waals surface area contributed by atoms with Crippen molar-refractivity contribution < 1.29 is 13.2 Å². The minimum atomic E-state index is -3.86. The molecule has 2 heterocycles. The van der Waals surface area contributed by atoms with Gasteiger partial charge in [0.15, 0.2) is 5.82 Å². The molecular weight excluding hydrogens is 414 g/mol. The van der Waals surface area contributed by atoms with Crippen LogP contribution in [0.5, 0.6) is 5.75 Å². The van der Waals surface area contributed by atoms with Gasteiger partial charge in [0, 0.05) is 12.5 Å². The zero-order chi connectivity index (χ0) is 21.6. The number of fused-ring (bicyclic) bond motifs is 3. The molecule has 0 aliphatic heterocycles. The summed E-state index contributed by atoms with van der Waals surface area (Å²) in [5.74, 6) is 2.12. The molecule has 0 radical (unpaired) electrons. The predicted octanol–water partition coefficient (Wildman–Crippen LogP) is 3.77. The third-order valence-corrected chi connectivity index (χ3v) is 7.29. The number of sulfonamides is 1. The molecule has 5 rings (SSSR count). The van der Waals surface area contributed by atoms with Gasteiger partial charge in [0.1, 0.15) is 11.6 Å². The summed E-state index contributed by atoms with van der Waals surface area (Å²) in [6.45, 7) is 2.22. The number of methoxy groups -OCH3 is 1. The summed E-state index contributed by atoms with van der Waals surface area (Å²) in [6.07, 6.45) is 2.75. The van der Waals surface area contributed by atoms with Crippen LogP contribution in [0.3, 0.4) is 0 Å². The van der Waals surface area contributed by atoms with Crippen LogP contribution in [-0.4, -0.2) is 41.7 Å². The average molecular weight is 438 g/mol. The van der Waals surface area contributed by atoms with Gasteiger partial charge in [0.25, 0.3) is 10.0 Å². The molecule has 31 heavy (non-hydrogen) atoms. The van der Waals surface area contributed by atoms with Crippen molar-refractivity contribution in [2.75, 3.05) is 18.0 Å². The Balaban J connectivity index is 1.74. The molecule has 0 N–H and O–H groups in total. The van der Waals surface area contributed by atoms with E-state index >= 15 is 0 Å². The molecule has 1 aliphatic carbocycles. The Morgan fingerprint density at radius 2 is 1.84 bits per heavy atom. The van der Waals surface area contributed by atoms with Crippen molar-refractivity contribution in [3.05, 3.63) is 54.4 Å². The molecule has 2 aromatic heterocycles. The first-order valence-electron chi connectivity index (χ1n) is 10.3. The molecule has 0 saturated heterocycles. The maximum atomic E-state index is 13.6. The van der Waals surface area contributed by atoms with Gasteiger partial charge in [0.2, 0.25) is 5.65 Å². The second-order valence-electron chi connectivity index (χ2n) is 7.67. The monoisotopic (exact) mass is 437 g/mol. The number of para-hydroxylation sites is 2. The molecule has 1 fully saturated rings. The Labute approximate surface area is 180 Å². The number of aromatic nitrogens is 4. The molecule has 0 atom stereocenters. The van der Waals surface area contributed by atoms with Crippen LogP contribution in [0.4, 0.5) is 5.82 Å². The van der Waals surface area contributed by atoms with Gasteiger partial charge in [-0.2, -0.15) is 0 Å². The van der Waals surface area contributed by atoms with E-state index in [1.54, 1.807) is 31.4 Å². The van der Waals surface area contributed by atoms with E-state index in [-0.39, 0.29) is 11.4 Å². The molecule has 8 nitrogen and oxygen atoms in total. The summed E-state index contributed by atoms with van der Waals surface area (Å²) in [5, 5.41) is 8.82. The lowest BCUT2D eigenvalue weighted by atomic mass is 10.3. The van der Waals surface area contributed by atoms with Crippen LogP contribution in [0.25, 0.3) is 16.7 Å². The second-order valence-corrected chi connectivity index (χ2v) is 9.53. The Hall–Kier alpha value is -3.20. The molecule has 9 heteroatoms. The number of hydrogen-bond donors (Lipinski definition) is 0. The fourth-order valence-corrected chi connectivity index (χ4v) is 5.29. The third kappa shape index (κ3) is 3.29. The average Bonchev–Trinajstić information content (AvgIpc) is 3.54. The normalized spacial score (nSPS) is 14.3. The lowest BCUT2D eigenvalue weighted by Gasteiger charge is -2.24. The van der Waals surface area contributed by atoms with E-state index in [0.29, 0.717) is 35.1 Å². The number of rotatable bonds is 7. The maximum Gasteiger partial charge on any atom is 0.265 e. The molecule has 2 aromatic carbocycles. The Morgan fingerprint density at radius 1 is 1.10 bits per heavy atom. The van der Waals surface area contributed by atoms with E-state index in [9.17, 15) is 8.42 Å². The number of nitrogens with zero attached hydrogens (tertiary/aromatic N) is 5. The van der Waals surface area contributed by atoms with Gasteiger partial charge in [0.05, 0.1) is 23.0 Å². The highest BCUT2D eigenvalue weighted by atomic mass is 32.2. The summed E-state index contributed by atoms with van der Waals surface area (Å²) in [6, 6.07) is 14.1. The summed E-state index contributed by atoms with van der Waals surface area (Å²) < 4.78 is 35.8. The van der Waals surface area contributed by atoms with Crippen LogP contribution < -0.4 is 9.04 Å². The van der Waals surface area contributed by atoms with E-state index in [2.05, 4.69) is 10.2 Å². The SMILES string of the molecule is CCCN(c1nc2ccccc2n2c(C3CC3)nnc12)S(=O)(=O)c1ccc(OC)cc1. The fraction of sp³-hybridized carbons (Fsp3) is 0.318. The molecule has 1 aliphatic rings. The summed E-state index contributed by atoms with van der Waals surface area (Å²) in [5.41, 5.74) is 2.05. The van der Waals surface area contributed by atoms with Crippen molar-refractivity contribution in [1.82, 2.24) is 19.6 Å². The van der Waals surface area contributed by atoms with Crippen LogP contribution >= 0.6 is 0 Å². The van der Waals surface area contributed by atoms with Crippen molar-refractivity contribution in [3.8, 4) is 5.75 Å².